The molecule has 0 fully saturated rings. The number of hydrogen-bond acceptors (Lipinski definition) is 2. The van der Waals surface area contributed by atoms with E-state index in [4.69, 9.17) is 3.32 Å². The zero-order chi connectivity index (χ0) is 23.7. The van der Waals surface area contributed by atoms with E-state index >= 15 is 0 Å². The first-order valence-electron chi connectivity index (χ1n) is 13.6. The summed E-state index contributed by atoms with van der Waals surface area (Å²) in [6, 6.07) is 0. The molecule has 0 bridgehead atoms. The molecule has 0 amide bonds. The Labute approximate surface area is 202 Å². The molecule has 0 spiro atoms. The van der Waals surface area contributed by atoms with E-state index in [1.807, 2.05) is 0 Å². The van der Waals surface area contributed by atoms with Gasteiger partial charge >= 0.3 is 158 Å². The molecular formula is C27H56O3Ti. The van der Waals surface area contributed by atoms with Crippen molar-refractivity contribution in [1.29, 1.82) is 0 Å². The zero-order valence-corrected chi connectivity index (χ0v) is 23.7. The third-order valence-electron chi connectivity index (χ3n) is 7.32. The normalized spacial score (nSPS) is 13.5. The van der Waals surface area contributed by atoms with Crippen LogP contribution in [-0.2, 0) is 25.3 Å². The molecule has 0 heterocycles. The van der Waals surface area contributed by atoms with Crippen molar-refractivity contribution in [2.45, 2.75) is 150 Å². The van der Waals surface area contributed by atoms with Gasteiger partial charge in [-0.2, -0.15) is 0 Å². The molecule has 0 aromatic heterocycles. The van der Waals surface area contributed by atoms with Crippen LogP contribution in [0.3, 0.4) is 0 Å². The third kappa shape index (κ3) is 13.0. The van der Waals surface area contributed by atoms with Crippen molar-refractivity contribution in [3.63, 3.8) is 0 Å². The van der Waals surface area contributed by atoms with Gasteiger partial charge in [0, 0.05) is 0 Å². The summed E-state index contributed by atoms with van der Waals surface area (Å²) in [4.78, 5) is 0. The van der Waals surface area contributed by atoms with E-state index in [9.17, 15) is 7.01 Å². The Hall–Kier alpha value is 0.434. The second kappa shape index (κ2) is 18.8. The number of rotatable bonds is 21. The van der Waals surface area contributed by atoms with Gasteiger partial charge in [-0.05, 0) is 0 Å². The van der Waals surface area contributed by atoms with Crippen molar-refractivity contribution in [1.82, 2.24) is 0 Å². The third-order valence-corrected chi connectivity index (χ3v) is 8.15. The fourth-order valence-electron chi connectivity index (χ4n) is 5.62. The summed E-state index contributed by atoms with van der Waals surface area (Å²) < 4.78 is 27.4. The molecule has 0 aromatic carbocycles. The van der Waals surface area contributed by atoms with E-state index < -0.39 is 24.2 Å². The maximum absolute atomic E-state index is 11.8. The van der Waals surface area contributed by atoms with E-state index in [-0.39, 0.29) is 11.8 Å². The van der Waals surface area contributed by atoms with Crippen LogP contribution in [0.1, 0.15) is 145 Å². The van der Waals surface area contributed by atoms with E-state index in [0.29, 0.717) is 11.8 Å². The summed E-state index contributed by atoms with van der Waals surface area (Å²) >= 11 is -3.61. The topological polar surface area (TPSA) is 46.5 Å². The molecule has 0 aliphatic heterocycles. The molecule has 0 aliphatic rings. The van der Waals surface area contributed by atoms with Crippen LogP contribution in [0, 0.1) is 23.7 Å². The molecule has 0 rings (SSSR count). The second-order valence-electron chi connectivity index (χ2n) is 10.8. The maximum atomic E-state index is 11.8. The molecule has 0 saturated heterocycles. The summed E-state index contributed by atoms with van der Waals surface area (Å²) in [5.41, 5.74) is -0.490. The molecule has 0 radical (unpaired) electrons. The summed E-state index contributed by atoms with van der Waals surface area (Å²) in [5, 5.41) is 0. The molecule has 3 nitrogen and oxygen atoms in total. The zero-order valence-electron chi connectivity index (χ0n) is 22.2. The number of unbranched alkanes of at least 4 members (excludes halogenated alkanes) is 13. The van der Waals surface area contributed by atoms with E-state index in [2.05, 4.69) is 48.5 Å². The van der Waals surface area contributed by atoms with Crippen LogP contribution in [0.2, 0.25) is 0 Å². The Morgan fingerprint density at radius 3 is 1.32 bits per heavy atom. The average Bonchev–Trinajstić information content (AvgIpc) is 2.68. The van der Waals surface area contributed by atoms with Crippen molar-refractivity contribution in [3.8, 4) is 0 Å². The van der Waals surface area contributed by atoms with Crippen molar-refractivity contribution in [2.24, 2.45) is 23.7 Å². The van der Waals surface area contributed by atoms with Crippen molar-refractivity contribution < 1.29 is 28.9 Å². The van der Waals surface area contributed by atoms with E-state index in [1.54, 1.807) is 0 Å². The summed E-state index contributed by atoms with van der Waals surface area (Å²) in [6.07, 6.45) is 20.3. The van der Waals surface area contributed by atoms with Crippen LogP contribution in [0.25, 0.3) is 0 Å². The predicted octanol–water partition coefficient (Wildman–Crippen LogP) is 8.98. The Balaban J connectivity index is 4.18. The molecule has 186 valence electrons. The molecule has 1 unspecified atom stereocenters. The van der Waals surface area contributed by atoms with Gasteiger partial charge in [0.2, 0.25) is 0 Å². The van der Waals surface area contributed by atoms with Gasteiger partial charge in [0.1, 0.15) is 0 Å². The van der Waals surface area contributed by atoms with Crippen LogP contribution in [0.4, 0.5) is 0 Å². The fraction of sp³-hybridized carbons (Fsp3) is 1.00. The monoisotopic (exact) mass is 476 g/mol. The Kier molecular flexibility index (Phi) is 19.1. The molecule has 0 aromatic rings. The first kappa shape index (κ1) is 31.4. The summed E-state index contributed by atoms with van der Waals surface area (Å²) in [7, 11) is 0. The quantitative estimate of drug-likeness (QED) is 0.133. The first-order chi connectivity index (χ1) is 14.7. The van der Waals surface area contributed by atoms with Crippen molar-refractivity contribution in [3.05, 3.63) is 0 Å². The van der Waals surface area contributed by atoms with Crippen LogP contribution < -0.4 is 0 Å². The van der Waals surface area contributed by atoms with Gasteiger partial charge in [-0.1, -0.05) is 45.4 Å². The van der Waals surface area contributed by atoms with Crippen LogP contribution in [0.5, 0.6) is 0 Å². The van der Waals surface area contributed by atoms with Crippen molar-refractivity contribution >= 4 is 0 Å². The van der Waals surface area contributed by atoms with Crippen molar-refractivity contribution in [2.75, 3.05) is 0 Å². The van der Waals surface area contributed by atoms with E-state index in [1.165, 1.54) is 89.9 Å². The van der Waals surface area contributed by atoms with Crippen LogP contribution in [0.15, 0.2) is 0 Å². The van der Waals surface area contributed by atoms with Gasteiger partial charge in [-0.25, -0.2) is 0 Å². The van der Waals surface area contributed by atoms with E-state index in [0.717, 1.165) is 6.42 Å². The van der Waals surface area contributed by atoms with Crippen LogP contribution in [-0.4, -0.2) is 9.29 Å². The minimum atomic E-state index is -3.61. The molecule has 1 atom stereocenters. The molecule has 1 N–H and O–H groups in total. The van der Waals surface area contributed by atoms with Gasteiger partial charge in [0.15, 0.2) is 0 Å². The van der Waals surface area contributed by atoms with Gasteiger partial charge in [0.05, 0.1) is 0 Å². The standard InChI is InChI=1S/C27H55O.H2O.O.Ti/c1-8-9-10-11-12-13-14-15-16-17-18-19-20-21-22-26(23(2)3)27(28,24(4)5)25(6)7;;;/h23-26H,8-22H2,1-7H3;1H2;;/q-1;;;+2/p-1. The average molecular weight is 477 g/mol. The van der Waals surface area contributed by atoms with Gasteiger partial charge in [0.25, 0.3) is 0 Å². The van der Waals surface area contributed by atoms with Gasteiger partial charge in [-0.3, -0.25) is 0 Å². The Bertz CT molecular complexity index is 426. The summed E-state index contributed by atoms with van der Waals surface area (Å²) in [5.74, 6) is 1.24. The molecule has 0 aliphatic carbocycles. The summed E-state index contributed by atoms with van der Waals surface area (Å²) in [6.45, 7) is 15.4. The fourth-order valence-corrected chi connectivity index (χ4v) is 7.07. The second-order valence-corrected chi connectivity index (χ2v) is 11.9. The van der Waals surface area contributed by atoms with Gasteiger partial charge in [-0.15, -0.1) is 0 Å². The van der Waals surface area contributed by atoms with Crippen LogP contribution >= 0.6 is 0 Å². The number of hydrogen-bond donors (Lipinski definition) is 1. The Morgan fingerprint density at radius 2 is 1.03 bits per heavy atom. The molecule has 31 heavy (non-hydrogen) atoms. The predicted molar refractivity (Wildman–Crippen MR) is 130 cm³/mol. The molecular weight excluding hydrogens is 420 g/mol. The molecule has 0 saturated carbocycles. The Morgan fingerprint density at radius 1 is 0.677 bits per heavy atom. The SMILES string of the molecule is CCCCCCCCCCCCCCCCC(C(C)C)C([O][Ti](=[O])[OH])(C(C)C)C(C)C. The molecule has 4 heteroatoms. The van der Waals surface area contributed by atoms with Gasteiger partial charge < -0.3 is 0 Å². The minimum absolute atomic E-state index is 0.232. The first-order valence-corrected chi connectivity index (χ1v) is 15.6.